The van der Waals surface area contributed by atoms with Crippen molar-refractivity contribution in [3.63, 3.8) is 0 Å². The third-order valence-corrected chi connectivity index (χ3v) is 5.14. The zero-order chi connectivity index (χ0) is 20.4. The molecule has 0 heterocycles. The van der Waals surface area contributed by atoms with Crippen LogP contribution in [0.3, 0.4) is 0 Å². The van der Waals surface area contributed by atoms with Crippen molar-refractivity contribution >= 4 is 5.71 Å². The molecule has 0 bridgehead atoms. The molecule has 4 heteroatoms. The molecule has 0 saturated carbocycles. The largest absolute Gasteiger partial charge is 0.320 e. The second-order valence-corrected chi connectivity index (χ2v) is 7.71. The predicted molar refractivity (Wildman–Crippen MR) is 116 cm³/mol. The third kappa shape index (κ3) is 7.94. The maximum absolute atomic E-state index is 14.1. The molecule has 152 valence electrons. The van der Waals surface area contributed by atoms with Gasteiger partial charge in [-0.15, -0.1) is 0 Å². The number of aliphatic imine (C=N–C) groups is 1. The molecular formula is C23H38FN3. The first-order valence-corrected chi connectivity index (χ1v) is 10.1. The van der Waals surface area contributed by atoms with Crippen molar-refractivity contribution in [1.29, 1.82) is 0 Å². The van der Waals surface area contributed by atoms with E-state index in [1.807, 2.05) is 33.0 Å². The fourth-order valence-electron chi connectivity index (χ4n) is 3.22. The van der Waals surface area contributed by atoms with Gasteiger partial charge in [-0.25, -0.2) is 4.39 Å². The Hall–Kier alpha value is -1.52. The fourth-order valence-corrected chi connectivity index (χ4v) is 3.22. The van der Waals surface area contributed by atoms with E-state index in [0.717, 1.165) is 54.8 Å². The van der Waals surface area contributed by atoms with E-state index in [2.05, 4.69) is 38.2 Å². The van der Waals surface area contributed by atoms with Crippen LogP contribution in [-0.4, -0.2) is 44.3 Å². The average Bonchev–Trinajstić information content (AvgIpc) is 2.62. The van der Waals surface area contributed by atoms with Crippen LogP contribution < -0.4 is 5.32 Å². The lowest BCUT2D eigenvalue weighted by Gasteiger charge is -2.24. The van der Waals surface area contributed by atoms with Gasteiger partial charge in [0, 0.05) is 17.5 Å². The Morgan fingerprint density at radius 3 is 2.41 bits per heavy atom. The van der Waals surface area contributed by atoms with Crippen molar-refractivity contribution in [3.8, 4) is 0 Å². The lowest BCUT2D eigenvalue weighted by molar-refractivity contribution is 0.259. The number of hydrogen-bond acceptors (Lipinski definition) is 3. The molecule has 0 aliphatic rings. The second kappa shape index (κ2) is 12.0. The van der Waals surface area contributed by atoms with Gasteiger partial charge in [0.05, 0.1) is 0 Å². The topological polar surface area (TPSA) is 27.6 Å². The summed E-state index contributed by atoms with van der Waals surface area (Å²) in [6, 6.07) is 6.04. The fraction of sp³-hybridized carbons (Fsp3) is 0.609. The van der Waals surface area contributed by atoms with Crippen LogP contribution in [0.2, 0.25) is 0 Å². The highest BCUT2D eigenvalue weighted by Crippen LogP contribution is 2.19. The highest BCUT2D eigenvalue weighted by Gasteiger charge is 2.12. The second-order valence-electron chi connectivity index (χ2n) is 7.71. The van der Waals surface area contributed by atoms with Crippen molar-refractivity contribution in [2.24, 2.45) is 4.99 Å². The van der Waals surface area contributed by atoms with Gasteiger partial charge in [-0.05, 0) is 97.8 Å². The standard InChI is InChI=1S/C23H38FN3/c1-8-19-12-13-20(16-22(19)24)18(4)26-23(17(2)3)11-9-10-21(27(6)7)14-15-25-5/h12-13,16,21,25H,8-11,14-15H2,1-7H3. The van der Waals surface area contributed by atoms with Crippen molar-refractivity contribution < 1.29 is 4.39 Å². The van der Waals surface area contributed by atoms with E-state index in [4.69, 9.17) is 4.99 Å². The van der Waals surface area contributed by atoms with Crippen LogP contribution in [0.25, 0.3) is 0 Å². The summed E-state index contributed by atoms with van der Waals surface area (Å²) in [5.74, 6) is -0.137. The van der Waals surface area contributed by atoms with Gasteiger partial charge in [0.25, 0.3) is 0 Å². The lowest BCUT2D eigenvalue weighted by Crippen LogP contribution is -2.30. The van der Waals surface area contributed by atoms with Crippen LogP contribution in [0.15, 0.2) is 34.5 Å². The van der Waals surface area contributed by atoms with Crippen LogP contribution in [0.5, 0.6) is 0 Å². The highest BCUT2D eigenvalue weighted by molar-refractivity contribution is 5.99. The van der Waals surface area contributed by atoms with Gasteiger partial charge < -0.3 is 10.2 Å². The van der Waals surface area contributed by atoms with E-state index in [0.29, 0.717) is 12.5 Å². The first kappa shape index (κ1) is 23.5. The van der Waals surface area contributed by atoms with E-state index in [-0.39, 0.29) is 5.82 Å². The third-order valence-electron chi connectivity index (χ3n) is 5.14. The molecule has 0 amide bonds. The van der Waals surface area contributed by atoms with Gasteiger partial charge in [-0.1, -0.05) is 24.6 Å². The molecule has 0 spiro atoms. The molecule has 0 aliphatic heterocycles. The van der Waals surface area contributed by atoms with Crippen LogP contribution >= 0.6 is 0 Å². The molecule has 1 aromatic carbocycles. The molecule has 0 aromatic heterocycles. The Morgan fingerprint density at radius 1 is 1.19 bits per heavy atom. The summed E-state index contributed by atoms with van der Waals surface area (Å²) in [6.07, 6.45) is 5.08. The monoisotopic (exact) mass is 375 g/mol. The number of nitrogens with zero attached hydrogens (tertiary/aromatic N) is 2. The van der Waals surface area contributed by atoms with Gasteiger partial charge in [-0.2, -0.15) is 0 Å². The van der Waals surface area contributed by atoms with Gasteiger partial charge in [0.2, 0.25) is 0 Å². The van der Waals surface area contributed by atoms with Crippen LogP contribution in [0, 0.1) is 5.82 Å². The number of rotatable bonds is 11. The molecule has 0 radical (unpaired) electrons. The van der Waals surface area contributed by atoms with E-state index in [9.17, 15) is 4.39 Å². The van der Waals surface area contributed by atoms with E-state index in [1.165, 1.54) is 5.57 Å². The first-order valence-electron chi connectivity index (χ1n) is 10.1. The summed E-state index contributed by atoms with van der Waals surface area (Å²) < 4.78 is 14.1. The summed E-state index contributed by atoms with van der Waals surface area (Å²) in [4.78, 5) is 7.16. The Bertz CT molecular complexity index is 643. The normalized spacial score (nSPS) is 13.1. The van der Waals surface area contributed by atoms with Gasteiger partial charge in [0.1, 0.15) is 5.82 Å². The molecule has 1 aromatic rings. The molecule has 1 unspecified atom stereocenters. The number of nitrogens with one attached hydrogen (secondary N) is 1. The Morgan fingerprint density at radius 2 is 1.89 bits per heavy atom. The quantitative estimate of drug-likeness (QED) is 0.538. The first-order chi connectivity index (χ1) is 12.8. The van der Waals surface area contributed by atoms with Crippen molar-refractivity contribution in [3.05, 3.63) is 46.4 Å². The van der Waals surface area contributed by atoms with Gasteiger partial charge in [-0.3, -0.25) is 4.99 Å². The van der Waals surface area contributed by atoms with Gasteiger partial charge in [0.15, 0.2) is 0 Å². The molecule has 0 saturated heterocycles. The molecule has 0 aliphatic carbocycles. The predicted octanol–water partition coefficient (Wildman–Crippen LogP) is 5.20. The Balaban J connectivity index is 2.80. The molecule has 27 heavy (non-hydrogen) atoms. The minimum absolute atomic E-state index is 0.137. The zero-order valence-electron chi connectivity index (χ0n) is 18.3. The SMILES string of the molecule is CCc1ccc(C(C)=NC(CCCC(CCNC)N(C)C)=C(C)C)cc1F. The van der Waals surface area contributed by atoms with Crippen molar-refractivity contribution in [2.45, 2.75) is 65.8 Å². The Labute approximate surface area is 165 Å². The number of halogens is 1. The maximum atomic E-state index is 14.1. The minimum Gasteiger partial charge on any atom is -0.320 e. The number of benzene rings is 1. The number of hydrogen-bond donors (Lipinski definition) is 1. The van der Waals surface area contributed by atoms with Crippen LogP contribution in [0.4, 0.5) is 4.39 Å². The average molecular weight is 376 g/mol. The van der Waals surface area contributed by atoms with E-state index in [1.54, 1.807) is 6.07 Å². The van der Waals surface area contributed by atoms with Crippen molar-refractivity contribution in [1.82, 2.24) is 10.2 Å². The molecular weight excluding hydrogens is 337 g/mol. The van der Waals surface area contributed by atoms with Crippen LogP contribution in [0.1, 0.15) is 64.5 Å². The van der Waals surface area contributed by atoms with E-state index >= 15 is 0 Å². The van der Waals surface area contributed by atoms with E-state index < -0.39 is 0 Å². The number of allylic oxidation sites excluding steroid dienone is 2. The molecule has 3 nitrogen and oxygen atoms in total. The van der Waals surface area contributed by atoms with Gasteiger partial charge >= 0.3 is 0 Å². The smallest absolute Gasteiger partial charge is 0.127 e. The summed E-state index contributed by atoms with van der Waals surface area (Å²) in [6.45, 7) is 9.19. The minimum atomic E-state index is -0.137. The molecule has 1 atom stereocenters. The maximum Gasteiger partial charge on any atom is 0.127 e. The molecule has 0 fully saturated rings. The summed E-state index contributed by atoms with van der Waals surface area (Å²) in [5.41, 5.74) is 4.86. The zero-order valence-corrected chi connectivity index (χ0v) is 18.3. The summed E-state index contributed by atoms with van der Waals surface area (Å²) in [7, 11) is 6.30. The molecule has 1 N–H and O–H groups in total. The van der Waals surface area contributed by atoms with Crippen molar-refractivity contribution in [2.75, 3.05) is 27.7 Å². The Kier molecular flexibility index (Phi) is 10.5. The summed E-state index contributed by atoms with van der Waals surface area (Å²) >= 11 is 0. The van der Waals surface area contributed by atoms with Crippen LogP contribution in [-0.2, 0) is 6.42 Å². The summed E-state index contributed by atoms with van der Waals surface area (Å²) in [5, 5.41) is 3.24. The lowest BCUT2D eigenvalue weighted by atomic mass is 10.0. The number of aryl methyl sites for hydroxylation is 1. The highest BCUT2D eigenvalue weighted by atomic mass is 19.1. The molecule has 1 rings (SSSR count).